The normalized spacial score (nSPS) is 16.9. The lowest BCUT2D eigenvalue weighted by Crippen LogP contribution is -2.39. The van der Waals surface area contributed by atoms with Gasteiger partial charge < -0.3 is 0 Å². The zero-order valence-electron chi connectivity index (χ0n) is 13.5. The number of allylic oxidation sites excluding steroid dienone is 2. The quantitative estimate of drug-likeness (QED) is 0.308. The van der Waals surface area contributed by atoms with E-state index < -0.39 is 74.4 Å². The van der Waals surface area contributed by atoms with Gasteiger partial charge in [-0.05, 0) is 0 Å². The first-order valence-corrected chi connectivity index (χ1v) is 12.5. The predicted octanol–water partition coefficient (Wildman–Crippen LogP) is 2.48. The van der Waals surface area contributed by atoms with Gasteiger partial charge in [-0.3, -0.25) is 19.0 Å². The number of hydrogen-bond acceptors (Lipinski definition) is 8. The Labute approximate surface area is 210 Å². The van der Waals surface area contributed by atoms with Gasteiger partial charge in [0.15, 0.2) is 0 Å². The van der Waals surface area contributed by atoms with Gasteiger partial charge in [0, 0.05) is 0 Å². The Hall–Kier alpha value is 0.560. The van der Waals surface area contributed by atoms with Crippen LogP contribution < -0.4 is 9.44 Å². The van der Waals surface area contributed by atoms with Crippen LogP contribution in [0.5, 0.6) is 0 Å². The fraction of sp³-hybridized carbons (Fsp3) is 0.400. The van der Waals surface area contributed by atoms with E-state index in [1.807, 2.05) is 0 Å². The van der Waals surface area contributed by atoms with E-state index in [1.165, 1.54) is 9.44 Å². The molecule has 0 aromatic carbocycles. The first-order chi connectivity index (χ1) is 13.2. The topological polar surface area (TPSA) is 145 Å². The smallest absolute Gasteiger partial charge is 0.286 e. The summed E-state index contributed by atoms with van der Waals surface area (Å²) in [5.74, 6) is -2.80. The minimum Gasteiger partial charge on any atom is -0.286 e. The molecule has 0 saturated carbocycles. The molecule has 0 heterocycles. The van der Waals surface area contributed by atoms with Crippen molar-refractivity contribution in [2.24, 2.45) is 0 Å². The van der Waals surface area contributed by atoms with Crippen molar-refractivity contribution < 1.29 is 34.8 Å². The molecule has 1 rings (SSSR count). The summed E-state index contributed by atoms with van der Waals surface area (Å²) in [7, 11) is -9.62. The van der Waals surface area contributed by atoms with Crippen molar-refractivity contribution in [3.05, 3.63) is 21.5 Å². The molecule has 0 aliphatic heterocycles. The number of carbonyl (C=O) groups excluding carboxylic acids is 2. The minimum absolute atomic E-state index is 0.963. The van der Waals surface area contributed by atoms with E-state index in [0.717, 1.165) is 0 Å². The van der Waals surface area contributed by atoms with E-state index >= 15 is 0 Å². The number of halogens is 8. The second kappa shape index (κ2) is 10.2. The lowest BCUT2D eigenvalue weighted by Gasteiger charge is -2.20. The number of alkyl halides is 6. The average Bonchev–Trinajstić information content (AvgIpc) is 2.57. The third-order valence-electron chi connectivity index (χ3n) is 2.50. The van der Waals surface area contributed by atoms with E-state index in [2.05, 4.69) is 8.37 Å². The highest BCUT2D eigenvalue weighted by Gasteiger charge is 2.38. The molecule has 0 unspecified atom stereocenters. The van der Waals surface area contributed by atoms with E-state index in [1.54, 1.807) is 0 Å². The molecule has 0 bridgehead atoms. The standard InChI is InChI=1S/C10H6Cl8N2O8S2/c11-3-5(19-29(23,24)27-1-9(13,14)15)7(21)4(12)6(8(3)22)20-30(25,26)28-2-10(16,17)18/h19-20H,1-2H2. The number of Topliss-reactive ketones (excluding diaryl/α,β-unsaturated/α-hetero) is 2. The maximum atomic E-state index is 12.3. The van der Waals surface area contributed by atoms with Gasteiger partial charge in [-0.1, -0.05) is 92.8 Å². The Morgan fingerprint density at radius 1 is 0.667 bits per heavy atom. The van der Waals surface area contributed by atoms with Crippen molar-refractivity contribution in [1.82, 2.24) is 9.44 Å². The Morgan fingerprint density at radius 2 is 0.933 bits per heavy atom. The zero-order valence-corrected chi connectivity index (χ0v) is 21.2. The fourth-order valence-electron chi connectivity index (χ4n) is 1.43. The molecule has 172 valence electrons. The van der Waals surface area contributed by atoms with Crippen molar-refractivity contribution in [3.8, 4) is 0 Å². The lowest BCUT2D eigenvalue weighted by atomic mass is 10.1. The highest BCUT2D eigenvalue weighted by atomic mass is 35.6. The van der Waals surface area contributed by atoms with Gasteiger partial charge in [0.2, 0.25) is 19.2 Å². The second-order valence-corrected chi connectivity index (χ2v) is 13.4. The van der Waals surface area contributed by atoms with Crippen LogP contribution in [0.3, 0.4) is 0 Å². The van der Waals surface area contributed by atoms with E-state index in [4.69, 9.17) is 92.8 Å². The van der Waals surface area contributed by atoms with E-state index in [9.17, 15) is 26.4 Å². The summed E-state index contributed by atoms with van der Waals surface area (Å²) in [6, 6.07) is 0. The van der Waals surface area contributed by atoms with Crippen molar-refractivity contribution in [2.75, 3.05) is 13.2 Å². The van der Waals surface area contributed by atoms with Gasteiger partial charge in [-0.25, -0.2) is 8.37 Å². The minimum atomic E-state index is -4.81. The zero-order chi connectivity index (χ0) is 23.7. The summed E-state index contributed by atoms with van der Waals surface area (Å²) >= 11 is 43.4. The molecule has 0 aromatic heterocycles. The predicted molar refractivity (Wildman–Crippen MR) is 112 cm³/mol. The molecule has 0 amide bonds. The summed E-state index contributed by atoms with van der Waals surface area (Å²) in [4.78, 5) is 24.6. The summed E-state index contributed by atoms with van der Waals surface area (Å²) in [5, 5.41) is -2.13. The molecule has 30 heavy (non-hydrogen) atoms. The van der Waals surface area contributed by atoms with Gasteiger partial charge >= 0.3 is 20.6 Å². The third kappa shape index (κ3) is 9.20. The van der Waals surface area contributed by atoms with Gasteiger partial charge in [0.25, 0.3) is 0 Å². The molecule has 0 saturated heterocycles. The summed E-state index contributed by atoms with van der Waals surface area (Å²) in [6.45, 7) is -1.93. The second-order valence-electron chi connectivity index (χ2n) is 4.90. The number of hydrogen-bond donors (Lipinski definition) is 2. The van der Waals surface area contributed by atoms with Crippen LogP contribution in [0.4, 0.5) is 0 Å². The summed E-state index contributed by atoms with van der Waals surface area (Å²) in [5.41, 5.74) is -2.11. The van der Waals surface area contributed by atoms with Crippen molar-refractivity contribution in [2.45, 2.75) is 7.59 Å². The van der Waals surface area contributed by atoms with E-state index in [0.29, 0.717) is 0 Å². The number of carbonyl (C=O) groups is 2. The Morgan fingerprint density at radius 3 is 1.17 bits per heavy atom. The molecule has 0 fully saturated rings. The van der Waals surface area contributed by atoms with Crippen LogP contribution in [0.15, 0.2) is 21.5 Å². The average molecular weight is 630 g/mol. The fourth-order valence-corrected chi connectivity index (χ4v) is 4.38. The van der Waals surface area contributed by atoms with E-state index in [-0.39, 0.29) is 0 Å². The Balaban J connectivity index is 3.10. The van der Waals surface area contributed by atoms with Crippen LogP contribution in [0, 0.1) is 0 Å². The molecule has 2 N–H and O–H groups in total. The maximum Gasteiger partial charge on any atom is 0.360 e. The molecule has 0 atom stereocenters. The molecular formula is C10H6Cl8N2O8S2. The molecular weight excluding hydrogens is 624 g/mol. The van der Waals surface area contributed by atoms with Crippen LogP contribution >= 0.6 is 92.8 Å². The molecule has 0 radical (unpaired) electrons. The first-order valence-electron chi connectivity index (χ1n) is 6.61. The maximum absolute atomic E-state index is 12.3. The Kier molecular flexibility index (Phi) is 9.75. The molecule has 0 aromatic rings. The largest absolute Gasteiger partial charge is 0.360 e. The SMILES string of the molecule is O=C1C(Cl)=C(NS(=O)(=O)OCC(Cl)(Cl)Cl)C(=O)C(Cl)=C1NS(=O)(=O)OCC(Cl)(Cl)Cl. The molecule has 1 aliphatic carbocycles. The van der Waals surface area contributed by atoms with Crippen molar-refractivity contribution in [1.29, 1.82) is 0 Å². The molecule has 10 nitrogen and oxygen atoms in total. The number of nitrogens with one attached hydrogen (secondary N) is 2. The van der Waals surface area contributed by atoms with Crippen LogP contribution in [0.25, 0.3) is 0 Å². The Bertz CT molecular complexity index is 928. The highest BCUT2D eigenvalue weighted by molar-refractivity contribution is 7.85. The van der Waals surface area contributed by atoms with Gasteiger partial charge in [0.1, 0.15) is 34.7 Å². The number of ketones is 2. The van der Waals surface area contributed by atoms with Crippen LogP contribution in [0.1, 0.15) is 0 Å². The monoisotopic (exact) mass is 626 g/mol. The molecule has 20 heteroatoms. The van der Waals surface area contributed by atoms with Gasteiger partial charge in [-0.15, -0.1) is 0 Å². The third-order valence-corrected chi connectivity index (χ3v) is 5.64. The van der Waals surface area contributed by atoms with Gasteiger partial charge in [0.05, 0.1) is 0 Å². The highest BCUT2D eigenvalue weighted by Crippen LogP contribution is 2.30. The lowest BCUT2D eigenvalue weighted by molar-refractivity contribution is -0.116. The van der Waals surface area contributed by atoms with Crippen LogP contribution in [-0.2, 0) is 38.6 Å². The van der Waals surface area contributed by atoms with Crippen LogP contribution in [0.2, 0.25) is 0 Å². The summed E-state index contributed by atoms with van der Waals surface area (Å²) in [6.07, 6.45) is 0. The van der Waals surface area contributed by atoms with Crippen molar-refractivity contribution >= 4 is 125 Å². The summed E-state index contributed by atoms with van der Waals surface area (Å²) < 4.78 is 54.8. The van der Waals surface area contributed by atoms with Gasteiger partial charge in [-0.2, -0.15) is 16.8 Å². The van der Waals surface area contributed by atoms with Crippen LogP contribution in [-0.4, -0.2) is 49.2 Å². The molecule has 0 spiro atoms. The number of rotatable bonds is 8. The first kappa shape index (κ1) is 28.6. The molecule has 1 aliphatic rings. The van der Waals surface area contributed by atoms with Crippen molar-refractivity contribution in [3.63, 3.8) is 0 Å².